The van der Waals surface area contributed by atoms with Gasteiger partial charge in [-0.05, 0) is 37.6 Å². The summed E-state index contributed by atoms with van der Waals surface area (Å²) in [5.41, 5.74) is 1.29. The van der Waals surface area contributed by atoms with Crippen molar-refractivity contribution < 1.29 is 23.9 Å². The first-order valence-electron chi connectivity index (χ1n) is 10.5. The fourth-order valence-corrected chi connectivity index (χ4v) is 4.37. The van der Waals surface area contributed by atoms with Crippen LogP contribution in [0.15, 0.2) is 42.5 Å². The van der Waals surface area contributed by atoms with E-state index in [2.05, 4.69) is 10.3 Å². The Bertz CT molecular complexity index is 1260. The van der Waals surface area contributed by atoms with Crippen molar-refractivity contribution in [3.05, 3.63) is 59.3 Å². The zero-order valence-electron chi connectivity index (χ0n) is 17.9. The molecule has 2 aliphatic rings. The molecule has 0 aliphatic carbocycles. The summed E-state index contributed by atoms with van der Waals surface area (Å²) < 4.78 is 11.4. The smallest absolute Gasteiger partial charge is 0.325 e. The van der Waals surface area contributed by atoms with Gasteiger partial charge in [-0.3, -0.25) is 14.5 Å². The summed E-state index contributed by atoms with van der Waals surface area (Å²) in [6.07, 6.45) is 0.764. The number of ether oxygens (including phenoxy) is 2. The first-order valence-corrected chi connectivity index (χ1v) is 10.5. The van der Waals surface area contributed by atoms with E-state index in [1.54, 1.807) is 32.0 Å². The molecule has 3 amide bonds. The minimum Gasteiger partial charge on any atom is -0.490 e. The molecule has 2 aliphatic heterocycles. The number of imide groups is 1. The van der Waals surface area contributed by atoms with Gasteiger partial charge in [0.05, 0.1) is 19.8 Å². The molecule has 3 aromatic rings. The number of benzene rings is 2. The zero-order valence-corrected chi connectivity index (χ0v) is 17.9. The Morgan fingerprint density at radius 2 is 1.84 bits per heavy atom. The summed E-state index contributed by atoms with van der Waals surface area (Å²) in [5.74, 6) is 0.356. The highest BCUT2D eigenvalue weighted by atomic mass is 16.5. The molecule has 2 aromatic carbocycles. The number of aryl methyl sites for hydroxylation is 1. The Morgan fingerprint density at radius 3 is 2.66 bits per heavy atom. The van der Waals surface area contributed by atoms with E-state index in [9.17, 15) is 14.4 Å². The van der Waals surface area contributed by atoms with E-state index in [1.165, 1.54) is 0 Å². The first kappa shape index (κ1) is 20.1. The van der Waals surface area contributed by atoms with E-state index in [1.807, 2.05) is 24.3 Å². The largest absolute Gasteiger partial charge is 0.490 e. The van der Waals surface area contributed by atoms with E-state index >= 15 is 0 Å². The van der Waals surface area contributed by atoms with Crippen LogP contribution in [0.5, 0.6) is 11.5 Å². The van der Waals surface area contributed by atoms with Crippen LogP contribution < -0.4 is 14.8 Å². The summed E-state index contributed by atoms with van der Waals surface area (Å²) in [6.45, 7) is 4.17. The highest BCUT2D eigenvalue weighted by molar-refractivity contribution is 6.15. The number of urea groups is 1. The molecule has 8 nitrogen and oxygen atoms in total. The van der Waals surface area contributed by atoms with Crippen LogP contribution >= 0.6 is 0 Å². The Hall–Kier alpha value is -3.81. The maximum atomic E-state index is 13.3. The number of hydrogen-bond acceptors (Lipinski definition) is 5. The topological polar surface area (TPSA) is 101 Å². The number of aromatic nitrogens is 1. The number of nitrogens with one attached hydrogen (secondary N) is 2. The van der Waals surface area contributed by atoms with Crippen molar-refractivity contribution in [1.29, 1.82) is 0 Å². The van der Waals surface area contributed by atoms with Gasteiger partial charge in [-0.15, -0.1) is 0 Å². The Kier molecular flexibility index (Phi) is 4.65. The average Bonchev–Trinajstić information content (AvgIpc) is 3.08. The summed E-state index contributed by atoms with van der Waals surface area (Å²) in [7, 11) is 0. The van der Waals surface area contributed by atoms with Gasteiger partial charge in [-0.1, -0.05) is 24.3 Å². The lowest BCUT2D eigenvalue weighted by atomic mass is 9.91. The Balaban J connectivity index is 1.43. The molecule has 1 fully saturated rings. The van der Waals surface area contributed by atoms with Gasteiger partial charge < -0.3 is 19.8 Å². The number of H-pyrrole nitrogens is 1. The third kappa shape index (κ3) is 3.10. The summed E-state index contributed by atoms with van der Waals surface area (Å²) >= 11 is 0. The van der Waals surface area contributed by atoms with Crippen molar-refractivity contribution in [2.75, 3.05) is 19.8 Å². The highest BCUT2D eigenvalue weighted by Crippen LogP contribution is 2.37. The quantitative estimate of drug-likeness (QED) is 0.486. The molecule has 32 heavy (non-hydrogen) atoms. The number of amides is 3. The highest BCUT2D eigenvalue weighted by Gasteiger charge is 2.50. The third-order valence-electron chi connectivity index (χ3n) is 6.07. The van der Waals surface area contributed by atoms with Crippen LogP contribution in [-0.2, 0) is 10.3 Å². The number of rotatable bonds is 4. The minimum absolute atomic E-state index is 0.300. The number of fused-ring (bicyclic) bond motifs is 2. The summed E-state index contributed by atoms with van der Waals surface area (Å²) in [4.78, 5) is 43.4. The Morgan fingerprint density at radius 1 is 1.09 bits per heavy atom. The molecule has 164 valence electrons. The standard InChI is InChI=1S/C24H23N3O5/c1-14-21(16-6-3-4-7-17(16)25-14)18(28)13-27-22(29)24(2,26-23(27)30)15-8-9-19-20(12-15)32-11-5-10-31-19/h3-4,6-9,12,25H,5,10-11,13H2,1-2H3,(H,26,30). The average molecular weight is 433 g/mol. The van der Waals surface area contributed by atoms with Crippen LogP contribution in [0.3, 0.4) is 0 Å². The number of aromatic amines is 1. The van der Waals surface area contributed by atoms with Crippen LogP contribution in [0.1, 0.15) is 35.0 Å². The zero-order chi connectivity index (χ0) is 22.5. The predicted molar refractivity (Wildman–Crippen MR) is 117 cm³/mol. The van der Waals surface area contributed by atoms with Crippen molar-refractivity contribution in [1.82, 2.24) is 15.2 Å². The van der Waals surface area contributed by atoms with E-state index in [4.69, 9.17) is 9.47 Å². The Labute approximate surface area is 184 Å². The molecule has 0 saturated carbocycles. The second-order valence-corrected chi connectivity index (χ2v) is 8.25. The van der Waals surface area contributed by atoms with Crippen LogP contribution in [-0.4, -0.2) is 47.4 Å². The molecule has 2 N–H and O–H groups in total. The van der Waals surface area contributed by atoms with Gasteiger partial charge in [0.15, 0.2) is 17.3 Å². The second kappa shape index (κ2) is 7.40. The lowest BCUT2D eigenvalue weighted by Crippen LogP contribution is -2.41. The third-order valence-corrected chi connectivity index (χ3v) is 6.07. The predicted octanol–water partition coefficient (Wildman–Crippen LogP) is 3.29. The maximum absolute atomic E-state index is 13.3. The van der Waals surface area contributed by atoms with Crippen molar-refractivity contribution in [3.63, 3.8) is 0 Å². The van der Waals surface area contributed by atoms with Gasteiger partial charge in [0.1, 0.15) is 5.54 Å². The van der Waals surface area contributed by atoms with E-state index in [0.717, 1.165) is 22.2 Å². The number of ketones is 1. The van der Waals surface area contributed by atoms with Gasteiger partial charge in [0.2, 0.25) is 0 Å². The van der Waals surface area contributed by atoms with E-state index in [-0.39, 0.29) is 12.3 Å². The molecule has 0 spiro atoms. The van der Waals surface area contributed by atoms with Crippen molar-refractivity contribution in [2.24, 2.45) is 0 Å². The van der Waals surface area contributed by atoms with Crippen LogP contribution in [0, 0.1) is 6.92 Å². The number of para-hydroxylation sites is 1. The SMILES string of the molecule is Cc1[nH]c2ccccc2c1C(=O)CN1C(=O)NC(C)(c2ccc3c(c2)OCCCO3)C1=O. The van der Waals surface area contributed by atoms with Gasteiger partial charge in [0, 0.05) is 28.6 Å². The van der Waals surface area contributed by atoms with Crippen molar-refractivity contribution in [2.45, 2.75) is 25.8 Å². The van der Waals surface area contributed by atoms with Gasteiger partial charge >= 0.3 is 6.03 Å². The minimum atomic E-state index is -1.31. The van der Waals surface area contributed by atoms with Crippen LogP contribution in [0.2, 0.25) is 0 Å². The van der Waals surface area contributed by atoms with Gasteiger partial charge in [0.25, 0.3) is 5.91 Å². The molecule has 1 atom stereocenters. The first-order chi connectivity index (χ1) is 15.4. The van der Waals surface area contributed by atoms with Crippen LogP contribution in [0.4, 0.5) is 4.79 Å². The monoisotopic (exact) mass is 433 g/mol. The van der Waals surface area contributed by atoms with E-state index < -0.39 is 17.5 Å². The molecule has 5 rings (SSSR count). The van der Waals surface area contributed by atoms with Gasteiger partial charge in [-0.2, -0.15) is 0 Å². The van der Waals surface area contributed by atoms with E-state index in [0.29, 0.717) is 41.5 Å². The molecule has 0 radical (unpaired) electrons. The lowest BCUT2D eigenvalue weighted by molar-refractivity contribution is -0.130. The summed E-state index contributed by atoms with van der Waals surface area (Å²) in [6, 6.07) is 12.0. The molecule has 0 bridgehead atoms. The van der Waals surface area contributed by atoms with Crippen molar-refractivity contribution >= 4 is 28.6 Å². The van der Waals surface area contributed by atoms with Crippen LogP contribution in [0.25, 0.3) is 10.9 Å². The lowest BCUT2D eigenvalue weighted by Gasteiger charge is -2.23. The normalized spacial score (nSPS) is 20.4. The second-order valence-electron chi connectivity index (χ2n) is 8.25. The van der Waals surface area contributed by atoms with Crippen molar-refractivity contribution in [3.8, 4) is 11.5 Å². The number of Topliss-reactive ketones (excluding diaryl/α,β-unsaturated/α-hetero) is 1. The molecule has 1 unspecified atom stereocenters. The molecule has 1 saturated heterocycles. The molecular weight excluding hydrogens is 410 g/mol. The molecule has 1 aromatic heterocycles. The molecular formula is C24H23N3O5. The number of carbonyl (C=O) groups is 3. The fourth-order valence-electron chi connectivity index (χ4n) is 4.37. The fraction of sp³-hybridized carbons (Fsp3) is 0.292. The van der Waals surface area contributed by atoms with Gasteiger partial charge in [-0.25, -0.2) is 4.79 Å². The number of hydrogen-bond donors (Lipinski definition) is 2. The number of nitrogens with zero attached hydrogens (tertiary/aromatic N) is 1. The number of carbonyl (C=O) groups excluding carboxylic acids is 3. The maximum Gasteiger partial charge on any atom is 0.325 e. The molecule has 8 heteroatoms. The summed E-state index contributed by atoms with van der Waals surface area (Å²) in [5, 5.41) is 3.52. The molecule has 3 heterocycles.